The quantitative estimate of drug-likeness (QED) is 0.911. The lowest BCUT2D eigenvalue weighted by atomic mass is 9.82. The van der Waals surface area contributed by atoms with Crippen LogP contribution in [-0.2, 0) is 15.0 Å². The van der Waals surface area contributed by atoms with Crippen LogP contribution >= 0.6 is 0 Å². The SMILES string of the molecule is CC(C)(C)OC(=O)NC1(c2ccc(C#N)cc2)CCOCC1. The Morgan fingerprint density at radius 2 is 1.86 bits per heavy atom. The van der Waals surface area contributed by atoms with Crippen LogP contribution in [0.4, 0.5) is 4.79 Å². The molecule has 1 N–H and O–H groups in total. The number of nitrogens with zero attached hydrogens (tertiary/aromatic N) is 1. The molecule has 2 rings (SSSR count). The molecule has 0 bridgehead atoms. The van der Waals surface area contributed by atoms with Crippen molar-refractivity contribution in [2.45, 2.75) is 44.8 Å². The van der Waals surface area contributed by atoms with Gasteiger partial charge in [0.25, 0.3) is 0 Å². The number of rotatable bonds is 2. The number of nitriles is 1. The van der Waals surface area contributed by atoms with E-state index in [9.17, 15) is 4.79 Å². The minimum atomic E-state index is -0.541. The average molecular weight is 302 g/mol. The van der Waals surface area contributed by atoms with Gasteiger partial charge in [-0.3, -0.25) is 0 Å². The Kier molecular flexibility index (Phi) is 4.72. The number of nitrogens with one attached hydrogen (secondary N) is 1. The predicted octanol–water partition coefficient (Wildman–Crippen LogP) is 3.09. The van der Waals surface area contributed by atoms with Crippen LogP contribution in [0.5, 0.6) is 0 Å². The number of amides is 1. The zero-order chi connectivity index (χ0) is 16.2. The van der Waals surface area contributed by atoms with E-state index >= 15 is 0 Å². The molecule has 1 amide bonds. The van der Waals surface area contributed by atoms with Crippen molar-refractivity contribution in [1.82, 2.24) is 5.32 Å². The molecule has 1 saturated heterocycles. The van der Waals surface area contributed by atoms with Gasteiger partial charge in [0.1, 0.15) is 5.60 Å². The summed E-state index contributed by atoms with van der Waals surface area (Å²) in [4.78, 5) is 12.2. The maximum absolute atomic E-state index is 12.2. The Balaban J connectivity index is 2.23. The molecule has 5 nitrogen and oxygen atoms in total. The molecule has 22 heavy (non-hydrogen) atoms. The molecule has 1 aromatic carbocycles. The van der Waals surface area contributed by atoms with Gasteiger partial charge >= 0.3 is 6.09 Å². The van der Waals surface area contributed by atoms with Crippen molar-refractivity contribution in [2.75, 3.05) is 13.2 Å². The molecule has 5 heteroatoms. The maximum atomic E-state index is 12.2. The number of hydrogen-bond donors (Lipinski definition) is 1. The minimum Gasteiger partial charge on any atom is -0.444 e. The van der Waals surface area contributed by atoms with Gasteiger partial charge in [0, 0.05) is 13.2 Å². The summed E-state index contributed by atoms with van der Waals surface area (Å²) in [5.74, 6) is 0. The second kappa shape index (κ2) is 6.37. The maximum Gasteiger partial charge on any atom is 0.408 e. The third-order valence-electron chi connectivity index (χ3n) is 3.65. The summed E-state index contributed by atoms with van der Waals surface area (Å²) in [6.07, 6.45) is 0.926. The highest BCUT2D eigenvalue weighted by Gasteiger charge is 2.37. The normalized spacial score (nSPS) is 17.4. The molecule has 0 aromatic heterocycles. The largest absolute Gasteiger partial charge is 0.444 e. The minimum absolute atomic E-state index is 0.432. The van der Waals surface area contributed by atoms with E-state index in [0.717, 1.165) is 5.56 Å². The fourth-order valence-corrected chi connectivity index (χ4v) is 2.57. The highest BCUT2D eigenvalue weighted by Crippen LogP contribution is 2.32. The van der Waals surface area contributed by atoms with Gasteiger partial charge in [0.05, 0.1) is 17.2 Å². The summed E-state index contributed by atoms with van der Waals surface area (Å²) in [5, 5.41) is 11.9. The van der Waals surface area contributed by atoms with Crippen LogP contribution in [0.3, 0.4) is 0 Å². The van der Waals surface area contributed by atoms with Crippen LogP contribution in [0.1, 0.15) is 44.7 Å². The number of carbonyl (C=O) groups is 1. The second-order valence-electron chi connectivity index (χ2n) is 6.51. The summed E-state index contributed by atoms with van der Waals surface area (Å²) in [5.41, 5.74) is 0.527. The second-order valence-corrected chi connectivity index (χ2v) is 6.51. The van der Waals surface area contributed by atoms with Crippen LogP contribution in [0.25, 0.3) is 0 Å². The lowest BCUT2D eigenvalue weighted by molar-refractivity contribution is 0.0157. The van der Waals surface area contributed by atoms with E-state index in [4.69, 9.17) is 14.7 Å². The molecule has 1 fully saturated rings. The molecule has 0 atom stereocenters. The number of carbonyl (C=O) groups excluding carboxylic acids is 1. The zero-order valence-electron chi connectivity index (χ0n) is 13.3. The van der Waals surface area contributed by atoms with E-state index in [0.29, 0.717) is 31.6 Å². The fraction of sp³-hybridized carbons (Fsp3) is 0.529. The monoisotopic (exact) mass is 302 g/mol. The van der Waals surface area contributed by atoms with E-state index in [1.807, 2.05) is 32.9 Å². The average Bonchev–Trinajstić information content (AvgIpc) is 2.46. The Labute approximate surface area is 131 Å². The highest BCUT2D eigenvalue weighted by atomic mass is 16.6. The first kappa shape index (κ1) is 16.3. The Bertz CT molecular complexity index is 561. The third-order valence-corrected chi connectivity index (χ3v) is 3.65. The summed E-state index contributed by atoms with van der Waals surface area (Å²) in [6, 6.07) is 9.42. The first-order valence-corrected chi connectivity index (χ1v) is 7.44. The van der Waals surface area contributed by atoms with E-state index in [2.05, 4.69) is 11.4 Å². The molecule has 0 radical (unpaired) electrons. The van der Waals surface area contributed by atoms with Gasteiger partial charge in [0.2, 0.25) is 0 Å². The van der Waals surface area contributed by atoms with Crippen LogP contribution in [0.2, 0.25) is 0 Å². The summed E-state index contributed by atoms with van der Waals surface area (Å²) in [6.45, 7) is 6.67. The van der Waals surface area contributed by atoms with Crippen LogP contribution in [0, 0.1) is 11.3 Å². The van der Waals surface area contributed by atoms with E-state index in [-0.39, 0.29) is 0 Å². The van der Waals surface area contributed by atoms with Crippen molar-refractivity contribution in [3.63, 3.8) is 0 Å². The van der Waals surface area contributed by atoms with Gasteiger partial charge in [-0.2, -0.15) is 5.26 Å². The Hall–Kier alpha value is -2.06. The van der Waals surface area contributed by atoms with Gasteiger partial charge < -0.3 is 14.8 Å². The van der Waals surface area contributed by atoms with Crippen LogP contribution < -0.4 is 5.32 Å². The zero-order valence-corrected chi connectivity index (χ0v) is 13.3. The molecule has 1 heterocycles. The molecule has 1 aliphatic rings. The van der Waals surface area contributed by atoms with Crippen molar-refractivity contribution in [3.8, 4) is 6.07 Å². The molecule has 0 saturated carbocycles. The van der Waals surface area contributed by atoms with Gasteiger partial charge in [0.15, 0.2) is 0 Å². The van der Waals surface area contributed by atoms with E-state index in [1.54, 1.807) is 12.1 Å². The number of alkyl carbamates (subject to hydrolysis) is 1. The lowest BCUT2D eigenvalue weighted by Crippen LogP contribution is -2.50. The van der Waals surface area contributed by atoms with Crippen LogP contribution in [0.15, 0.2) is 24.3 Å². The molecular weight excluding hydrogens is 280 g/mol. The molecule has 118 valence electrons. The molecule has 0 spiro atoms. The van der Waals surface area contributed by atoms with E-state index < -0.39 is 17.2 Å². The molecule has 1 aliphatic heterocycles. The van der Waals surface area contributed by atoms with E-state index in [1.165, 1.54) is 0 Å². The number of benzene rings is 1. The van der Waals surface area contributed by atoms with Crippen molar-refractivity contribution in [3.05, 3.63) is 35.4 Å². The predicted molar refractivity (Wildman–Crippen MR) is 82.3 cm³/mol. The Morgan fingerprint density at radius 3 is 2.36 bits per heavy atom. The van der Waals surface area contributed by atoms with Gasteiger partial charge in [-0.15, -0.1) is 0 Å². The smallest absolute Gasteiger partial charge is 0.408 e. The first-order chi connectivity index (χ1) is 10.3. The fourth-order valence-electron chi connectivity index (χ4n) is 2.57. The topological polar surface area (TPSA) is 71.3 Å². The first-order valence-electron chi connectivity index (χ1n) is 7.44. The molecule has 1 aromatic rings. The summed E-state index contributed by atoms with van der Waals surface area (Å²) >= 11 is 0. The van der Waals surface area contributed by atoms with Gasteiger partial charge in [-0.1, -0.05) is 12.1 Å². The standard InChI is InChI=1S/C17H22N2O3/c1-16(2,3)22-15(20)19-17(8-10-21-11-9-17)14-6-4-13(12-18)5-7-14/h4-7H,8-11H2,1-3H3,(H,19,20). The van der Waals surface area contributed by atoms with Crippen molar-refractivity contribution in [1.29, 1.82) is 5.26 Å². The number of hydrogen-bond acceptors (Lipinski definition) is 4. The van der Waals surface area contributed by atoms with Crippen molar-refractivity contribution in [2.24, 2.45) is 0 Å². The van der Waals surface area contributed by atoms with Gasteiger partial charge in [-0.05, 0) is 51.3 Å². The Morgan fingerprint density at radius 1 is 1.27 bits per heavy atom. The number of ether oxygens (including phenoxy) is 2. The molecular formula is C17H22N2O3. The third kappa shape index (κ3) is 3.99. The molecule has 0 unspecified atom stereocenters. The highest BCUT2D eigenvalue weighted by molar-refractivity contribution is 5.69. The van der Waals surface area contributed by atoms with Crippen LogP contribution in [-0.4, -0.2) is 24.9 Å². The molecule has 0 aliphatic carbocycles. The summed E-state index contributed by atoms with van der Waals surface area (Å²) in [7, 11) is 0. The van der Waals surface area contributed by atoms with Gasteiger partial charge in [-0.25, -0.2) is 4.79 Å². The summed E-state index contributed by atoms with van der Waals surface area (Å²) < 4.78 is 10.8. The lowest BCUT2D eigenvalue weighted by Gasteiger charge is -2.38. The van der Waals surface area contributed by atoms with Crippen molar-refractivity contribution < 1.29 is 14.3 Å². The van der Waals surface area contributed by atoms with Crippen molar-refractivity contribution >= 4 is 6.09 Å².